The number of ether oxygens (including phenoxy) is 1. The fourth-order valence-electron chi connectivity index (χ4n) is 5.05. The third-order valence-electron chi connectivity index (χ3n) is 6.81. The third-order valence-corrected chi connectivity index (χ3v) is 7.06. The molecule has 4 heterocycles. The summed E-state index contributed by atoms with van der Waals surface area (Å²) in [6.07, 6.45) is 5.21. The van der Waals surface area contributed by atoms with Crippen LogP contribution in [0.1, 0.15) is 70.3 Å². The van der Waals surface area contributed by atoms with Crippen molar-refractivity contribution >= 4 is 34.9 Å². The summed E-state index contributed by atoms with van der Waals surface area (Å²) in [7, 11) is 0. The van der Waals surface area contributed by atoms with Gasteiger partial charge in [-0.2, -0.15) is 0 Å². The molecule has 1 saturated carbocycles. The van der Waals surface area contributed by atoms with Crippen molar-refractivity contribution in [3.05, 3.63) is 81.5 Å². The highest BCUT2D eigenvalue weighted by Crippen LogP contribution is 2.50. The van der Waals surface area contributed by atoms with Crippen LogP contribution in [-0.2, 0) is 4.74 Å². The monoisotopic (exact) mass is 489 g/mol. The van der Waals surface area contributed by atoms with Crippen molar-refractivity contribution in [3.8, 4) is 0 Å². The van der Waals surface area contributed by atoms with Crippen LogP contribution in [0, 0.1) is 13.8 Å². The lowest BCUT2D eigenvalue weighted by molar-refractivity contribution is 0.0992. The zero-order valence-electron chi connectivity index (χ0n) is 19.7. The molecule has 1 fully saturated rings. The van der Waals surface area contributed by atoms with E-state index in [1.54, 1.807) is 30.2 Å². The Labute approximate surface area is 207 Å². The number of rotatable bonds is 4. The Kier molecular flexibility index (Phi) is 4.96. The van der Waals surface area contributed by atoms with E-state index in [0.717, 1.165) is 41.0 Å². The molecule has 1 amide bonds. The van der Waals surface area contributed by atoms with Crippen LogP contribution in [0.2, 0.25) is 5.02 Å². The van der Waals surface area contributed by atoms with Crippen LogP contribution in [0.5, 0.6) is 0 Å². The number of hydrogen-bond donors (Lipinski definition) is 0. The first kappa shape index (κ1) is 21.9. The van der Waals surface area contributed by atoms with Crippen molar-refractivity contribution in [2.45, 2.75) is 45.6 Å². The van der Waals surface area contributed by atoms with Gasteiger partial charge in [0.15, 0.2) is 5.65 Å². The molecule has 0 radical (unpaired) electrons. The van der Waals surface area contributed by atoms with Crippen LogP contribution in [0.15, 0.2) is 42.7 Å². The Bertz CT molecular complexity index is 1500. The summed E-state index contributed by atoms with van der Waals surface area (Å²) in [5, 5.41) is 9.05. The number of halogens is 1. The summed E-state index contributed by atoms with van der Waals surface area (Å²) in [4.78, 5) is 29.0. The van der Waals surface area contributed by atoms with Gasteiger partial charge >= 0.3 is 6.09 Å². The topological polar surface area (TPSA) is 81.7 Å². The molecular formula is C26H24ClN5O3. The molecule has 1 atom stereocenters. The van der Waals surface area contributed by atoms with Gasteiger partial charge in [-0.05, 0) is 74.4 Å². The van der Waals surface area contributed by atoms with Crippen LogP contribution in [0.25, 0.3) is 5.65 Å². The second-order valence-corrected chi connectivity index (χ2v) is 9.58. The van der Waals surface area contributed by atoms with Gasteiger partial charge in [0.05, 0.1) is 23.6 Å². The number of carbonyl (C=O) groups excluding carboxylic acids is 2. The summed E-state index contributed by atoms with van der Waals surface area (Å²) in [5.74, 6) is 0.875. The number of nitrogens with zero attached hydrogens (tertiary/aromatic N) is 5. The first-order chi connectivity index (χ1) is 16.9. The molecule has 1 aliphatic carbocycles. The molecule has 9 heteroatoms. The van der Waals surface area contributed by atoms with Gasteiger partial charge in [0.2, 0.25) is 0 Å². The van der Waals surface area contributed by atoms with Gasteiger partial charge < -0.3 is 4.74 Å². The van der Waals surface area contributed by atoms with E-state index in [0.29, 0.717) is 22.0 Å². The fourth-order valence-corrected chi connectivity index (χ4v) is 5.18. The number of pyridine rings is 1. The molecule has 0 spiro atoms. The summed E-state index contributed by atoms with van der Waals surface area (Å²) in [6.45, 7) is 5.85. The number of aryl methyl sites for hydroxylation is 2. The molecule has 3 aromatic heterocycles. The van der Waals surface area contributed by atoms with Gasteiger partial charge in [0.1, 0.15) is 11.9 Å². The lowest BCUT2D eigenvalue weighted by Crippen LogP contribution is -2.31. The van der Waals surface area contributed by atoms with Crippen molar-refractivity contribution in [1.82, 2.24) is 19.2 Å². The number of fused-ring (bicyclic) bond motifs is 2. The number of amides is 1. The molecule has 0 saturated heterocycles. The van der Waals surface area contributed by atoms with E-state index in [4.69, 9.17) is 16.3 Å². The van der Waals surface area contributed by atoms with Crippen LogP contribution in [0.4, 0.5) is 10.5 Å². The van der Waals surface area contributed by atoms with Crippen molar-refractivity contribution in [3.63, 3.8) is 0 Å². The molecular weight excluding hydrogens is 466 g/mol. The van der Waals surface area contributed by atoms with Gasteiger partial charge in [-0.25, -0.2) is 4.79 Å². The second-order valence-electron chi connectivity index (χ2n) is 9.14. The van der Waals surface area contributed by atoms with Gasteiger partial charge in [-0.1, -0.05) is 23.7 Å². The van der Waals surface area contributed by atoms with Crippen molar-refractivity contribution in [2.75, 3.05) is 11.5 Å². The molecule has 4 aromatic rings. The summed E-state index contributed by atoms with van der Waals surface area (Å²) in [6, 6.07) is 8.82. The standard InChI is InChI=1S/C26H24ClN5O3/c1-4-35-26(34)31-13-20(16-5-6-16)21-23(31)22(17-7-9-18(27)10-8-17)32(25(21)33)19-11-14(2)24-29-28-15(3)30(24)12-19/h7-13,16,22H,4-6H2,1-3H3. The number of carbonyl (C=O) groups is 2. The van der Waals surface area contributed by atoms with Crippen LogP contribution in [-0.4, -0.2) is 37.8 Å². The summed E-state index contributed by atoms with van der Waals surface area (Å²) in [5.41, 5.74) is 5.35. The van der Waals surface area contributed by atoms with Gasteiger partial charge in [-0.3, -0.25) is 18.7 Å². The molecule has 1 aromatic carbocycles. The molecule has 8 nitrogen and oxygen atoms in total. The largest absolute Gasteiger partial charge is 0.449 e. The van der Waals surface area contributed by atoms with Crippen LogP contribution >= 0.6 is 11.6 Å². The highest BCUT2D eigenvalue weighted by atomic mass is 35.5. The normalized spacial score (nSPS) is 17.3. The van der Waals surface area contributed by atoms with E-state index >= 15 is 0 Å². The number of aromatic nitrogens is 4. The Balaban J connectivity index is 1.61. The molecule has 1 unspecified atom stereocenters. The molecule has 0 bridgehead atoms. The van der Waals surface area contributed by atoms with Crippen molar-refractivity contribution in [1.29, 1.82) is 0 Å². The summed E-state index contributed by atoms with van der Waals surface area (Å²) < 4.78 is 8.80. The van der Waals surface area contributed by atoms with Crippen molar-refractivity contribution < 1.29 is 14.3 Å². The Morgan fingerprint density at radius 2 is 1.89 bits per heavy atom. The average molecular weight is 490 g/mol. The first-order valence-corrected chi connectivity index (χ1v) is 12.1. The maximum atomic E-state index is 14.2. The Hall–Kier alpha value is -3.65. The molecule has 0 N–H and O–H groups in total. The Morgan fingerprint density at radius 1 is 1.14 bits per heavy atom. The lowest BCUT2D eigenvalue weighted by atomic mass is 10.0. The molecule has 35 heavy (non-hydrogen) atoms. The van der Waals surface area contributed by atoms with E-state index in [2.05, 4.69) is 10.2 Å². The van der Waals surface area contributed by atoms with E-state index in [1.807, 2.05) is 42.6 Å². The van der Waals surface area contributed by atoms with Crippen LogP contribution in [0.3, 0.4) is 0 Å². The first-order valence-electron chi connectivity index (χ1n) is 11.7. The maximum Gasteiger partial charge on any atom is 0.418 e. The van der Waals surface area contributed by atoms with Gasteiger partial charge in [-0.15, -0.1) is 10.2 Å². The SMILES string of the molecule is CCOC(=O)n1cc(C2CC2)c2c1C(c1ccc(Cl)cc1)N(c1cc(C)c3nnc(C)n3c1)C2=O. The second kappa shape index (κ2) is 7.95. The molecule has 2 aliphatic rings. The zero-order valence-corrected chi connectivity index (χ0v) is 20.4. The average Bonchev–Trinajstić information content (AvgIpc) is 3.40. The highest BCUT2D eigenvalue weighted by Gasteiger charge is 2.47. The van der Waals surface area contributed by atoms with E-state index in [-0.39, 0.29) is 18.4 Å². The highest BCUT2D eigenvalue weighted by molar-refractivity contribution is 6.30. The quantitative estimate of drug-likeness (QED) is 0.381. The third kappa shape index (κ3) is 3.35. The predicted octanol–water partition coefficient (Wildman–Crippen LogP) is 5.43. The van der Waals surface area contributed by atoms with Crippen molar-refractivity contribution in [2.24, 2.45) is 0 Å². The predicted molar refractivity (Wildman–Crippen MR) is 131 cm³/mol. The minimum absolute atomic E-state index is 0.130. The van der Waals surface area contributed by atoms with Gasteiger partial charge in [0.25, 0.3) is 5.91 Å². The molecule has 1 aliphatic heterocycles. The zero-order chi connectivity index (χ0) is 24.4. The lowest BCUT2D eigenvalue weighted by Gasteiger charge is -2.27. The smallest absolute Gasteiger partial charge is 0.418 e. The summed E-state index contributed by atoms with van der Waals surface area (Å²) >= 11 is 6.19. The minimum Gasteiger partial charge on any atom is -0.449 e. The fraction of sp³-hybridized carbons (Fsp3) is 0.308. The molecule has 6 rings (SSSR count). The number of anilines is 1. The Morgan fingerprint density at radius 3 is 2.57 bits per heavy atom. The van der Waals surface area contributed by atoms with E-state index in [1.165, 1.54) is 4.57 Å². The maximum absolute atomic E-state index is 14.2. The van der Waals surface area contributed by atoms with E-state index in [9.17, 15) is 9.59 Å². The minimum atomic E-state index is -0.527. The van der Waals surface area contributed by atoms with E-state index < -0.39 is 12.1 Å². The number of hydrogen-bond acceptors (Lipinski definition) is 5. The van der Waals surface area contributed by atoms with Crippen LogP contribution < -0.4 is 4.90 Å². The van der Waals surface area contributed by atoms with Gasteiger partial charge in [0, 0.05) is 17.4 Å². The molecule has 178 valence electrons. The number of benzene rings is 1.